The first kappa shape index (κ1) is 14.0. The summed E-state index contributed by atoms with van der Waals surface area (Å²) >= 11 is 0. The van der Waals surface area contributed by atoms with Crippen LogP contribution in [-0.4, -0.2) is 11.6 Å². The first-order valence-electron chi connectivity index (χ1n) is 5.92. The van der Waals surface area contributed by atoms with Crippen molar-refractivity contribution in [3.63, 3.8) is 0 Å². The molecule has 0 saturated carbocycles. The largest absolute Gasteiger partial charge is 0.309 e. The lowest BCUT2D eigenvalue weighted by atomic mass is 9.65. The number of hydrogen-bond donors (Lipinski definition) is 1. The highest BCUT2D eigenvalue weighted by atomic mass is 15.0. The molecule has 0 aromatic heterocycles. The van der Waals surface area contributed by atoms with Crippen LogP contribution in [0.3, 0.4) is 0 Å². The van der Waals surface area contributed by atoms with Crippen molar-refractivity contribution in [1.82, 2.24) is 5.32 Å². The van der Waals surface area contributed by atoms with Gasteiger partial charge < -0.3 is 5.32 Å². The first-order valence-corrected chi connectivity index (χ1v) is 5.92. The molecule has 1 nitrogen and oxygen atoms in total. The molecule has 0 saturated heterocycles. The van der Waals surface area contributed by atoms with Gasteiger partial charge in [-0.05, 0) is 25.2 Å². The van der Waals surface area contributed by atoms with Crippen LogP contribution in [0.2, 0.25) is 0 Å². The standard InChI is InChI=1S/C13H29N/c1-9-11(4)12(5,6)13(7,8)14-10(2)3/h10-11,14H,9H2,1-8H3. The molecule has 14 heavy (non-hydrogen) atoms. The molecule has 0 aromatic carbocycles. The Kier molecular flexibility index (Phi) is 4.64. The maximum absolute atomic E-state index is 3.67. The molecule has 0 aromatic rings. The molecule has 86 valence electrons. The van der Waals surface area contributed by atoms with E-state index in [2.05, 4.69) is 60.7 Å². The van der Waals surface area contributed by atoms with Crippen molar-refractivity contribution in [2.45, 2.75) is 73.4 Å². The second-order valence-corrected chi connectivity index (χ2v) is 5.96. The summed E-state index contributed by atoms with van der Waals surface area (Å²) in [5.41, 5.74) is 0.516. The topological polar surface area (TPSA) is 12.0 Å². The molecule has 1 N–H and O–H groups in total. The molecule has 0 radical (unpaired) electrons. The smallest absolute Gasteiger partial charge is 0.0180 e. The van der Waals surface area contributed by atoms with Crippen LogP contribution in [0.15, 0.2) is 0 Å². The van der Waals surface area contributed by atoms with Gasteiger partial charge in [0.1, 0.15) is 0 Å². The Bertz CT molecular complexity index is 168. The minimum absolute atomic E-state index is 0.191. The van der Waals surface area contributed by atoms with Crippen molar-refractivity contribution in [3.05, 3.63) is 0 Å². The van der Waals surface area contributed by atoms with Crippen LogP contribution >= 0.6 is 0 Å². The van der Waals surface area contributed by atoms with Crippen molar-refractivity contribution in [1.29, 1.82) is 0 Å². The van der Waals surface area contributed by atoms with E-state index >= 15 is 0 Å². The zero-order valence-electron chi connectivity index (χ0n) is 11.4. The van der Waals surface area contributed by atoms with Gasteiger partial charge in [0.25, 0.3) is 0 Å². The van der Waals surface area contributed by atoms with Crippen LogP contribution in [0.25, 0.3) is 0 Å². The monoisotopic (exact) mass is 199 g/mol. The van der Waals surface area contributed by atoms with E-state index in [-0.39, 0.29) is 5.54 Å². The first-order chi connectivity index (χ1) is 6.15. The van der Waals surface area contributed by atoms with Gasteiger partial charge in [-0.3, -0.25) is 0 Å². The Morgan fingerprint density at radius 2 is 1.43 bits per heavy atom. The lowest BCUT2D eigenvalue weighted by Crippen LogP contribution is -2.56. The summed E-state index contributed by atoms with van der Waals surface area (Å²) in [4.78, 5) is 0. The van der Waals surface area contributed by atoms with Gasteiger partial charge in [0.05, 0.1) is 0 Å². The maximum atomic E-state index is 3.67. The van der Waals surface area contributed by atoms with E-state index < -0.39 is 0 Å². The van der Waals surface area contributed by atoms with E-state index in [1.807, 2.05) is 0 Å². The molecular weight excluding hydrogens is 170 g/mol. The van der Waals surface area contributed by atoms with Gasteiger partial charge in [0, 0.05) is 11.6 Å². The molecule has 0 aliphatic carbocycles. The molecular formula is C13H29N. The fourth-order valence-corrected chi connectivity index (χ4v) is 2.03. The van der Waals surface area contributed by atoms with Gasteiger partial charge in [-0.15, -0.1) is 0 Å². The average Bonchev–Trinajstić information content (AvgIpc) is 2.00. The molecule has 1 heteroatoms. The van der Waals surface area contributed by atoms with Crippen LogP contribution in [0, 0.1) is 11.3 Å². The Morgan fingerprint density at radius 3 is 1.71 bits per heavy atom. The normalized spacial score (nSPS) is 16.1. The highest BCUT2D eigenvalue weighted by Gasteiger charge is 2.40. The quantitative estimate of drug-likeness (QED) is 0.709. The number of hydrogen-bond acceptors (Lipinski definition) is 1. The molecule has 0 fully saturated rings. The van der Waals surface area contributed by atoms with Crippen LogP contribution < -0.4 is 5.32 Å². The highest BCUT2D eigenvalue weighted by molar-refractivity contribution is 4.96. The molecule has 0 spiro atoms. The molecule has 0 amide bonds. The molecule has 0 bridgehead atoms. The Hall–Kier alpha value is -0.0400. The van der Waals surface area contributed by atoms with Crippen molar-refractivity contribution >= 4 is 0 Å². The number of rotatable bonds is 5. The van der Waals surface area contributed by atoms with Crippen molar-refractivity contribution in [2.75, 3.05) is 0 Å². The maximum Gasteiger partial charge on any atom is 0.0180 e. The van der Waals surface area contributed by atoms with Crippen molar-refractivity contribution < 1.29 is 0 Å². The predicted molar refractivity (Wildman–Crippen MR) is 65.6 cm³/mol. The fourth-order valence-electron chi connectivity index (χ4n) is 2.03. The SMILES string of the molecule is CCC(C)C(C)(C)C(C)(C)NC(C)C. The van der Waals surface area contributed by atoms with Crippen LogP contribution in [0.1, 0.15) is 61.8 Å². The van der Waals surface area contributed by atoms with Crippen LogP contribution in [-0.2, 0) is 0 Å². The highest BCUT2D eigenvalue weighted by Crippen LogP contribution is 2.39. The van der Waals surface area contributed by atoms with Crippen molar-refractivity contribution in [2.24, 2.45) is 11.3 Å². The predicted octanol–water partition coefficient (Wildman–Crippen LogP) is 3.84. The average molecular weight is 199 g/mol. The van der Waals surface area contributed by atoms with Gasteiger partial charge in [0.2, 0.25) is 0 Å². The second-order valence-electron chi connectivity index (χ2n) is 5.96. The van der Waals surface area contributed by atoms with Gasteiger partial charge >= 0.3 is 0 Å². The summed E-state index contributed by atoms with van der Waals surface area (Å²) in [5.74, 6) is 0.740. The fraction of sp³-hybridized carbons (Fsp3) is 1.00. The minimum Gasteiger partial charge on any atom is -0.309 e. The molecule has 0 rings (SSSR count). The van der Waals surface area contributed by atoms with E-state index in [4.69, 9.17) is 0 Å². The van der Waals surface area contributed by atoms with E-state index in [9.17, 15) is 0 Å². The molecule has 1 atom stereocenters. The van der Waals surface area contributed by atoms with E-state index in [0.29, 0.717) is 11.5 Å². The van der Waals surface area contributed by atoms with Crippen molar-refractivity contribution in [3.8, 4) is 0 Å². The lowest BCUT2D eigenvalue weighted by molar-refractivity contribution is 0.0773. The second kappa shape index (κ2) is 4.65. The zero-order chi connectivity index (χ0) is 11.6. The van der Waals surface area contributed by atoms with E-state index in [0.717, 1.165) is 5.92 Å². The molecule has 0 heterocycles. The summed E-state index contributed by atoms with van der Waals surface area (Å²) in [6, 6.07) is 0.549. The Morgan fingerprint density at radius 1 is 1.00 bits per heavy atom. The third-order valence-corrected chi connectivity index (χ3v) is 4.10. The van der Waals surface area contributed by atoms with Crippen LogP contribution in [0.5, 0.6) is 0 Å². The van der Waals surface area contributed by atoms with Gasteiger partial charge in [-0.1, -0.05) is 48.0 Å². The summed E-state index contributed by atoms with van der Waals surface area (Å²) in [6.45, 7) is 18.4. The zero-order valence-corrected chi connectivity index (χ0v) is 11.4. The van der Waals surface area contributed by atoms with Crippen LogP contribution in [0.4, 0.5) is 0 Å². The molecule has 0 aliphatic rings. The molecule has 0 aliphatic heterocycles. The molecule has 1 unspecified atom stereocenters. The van der Waals surface area contributed by atoms with Gasteiger partial charge in [0.15, 0.2) is 0 Å². The van der Waals surface area contributed by atoms with E-state index in [1.165, 1.54) is 6.42 Å². The Balaban J connectivity index is 4.68. The van der Waals surface area contributed by atoms with Gasteiger partial charge in [-0.25, -0.2) is 0 Å². The third-order valence-electron chi connectivity index (χ3n) is 4.10. The summed E-state index contributed by atoms with van der Waals surface area (Å²) < 4.78 is 0. The summed E-state index contributed by atoms with van der Waals surface area (Å²) in [5, 5.41) is 3.67. The van der Waals surface area contributed by atoms with Gasteiger partial charge in [-0.2, -0.15) is 0 Å². The number of nitrogens with one attached hydrogen (secondary N) is 1. The Labute approximate surface area is 90.7 Å². The summed E-state index contributed by atoms with van der Waals surface area (Å²) in [7, 11) is 0. The lowest BCUT2D eigenvalue weighted by Gasteiger charge is -2.47. The minimum atomic E-state index is 0.191. The summed E-state index contributed by atoms with van der Waals surface area (Å²) in [6.07, 6.45) is 1.25. The third kappa shape index (κ3) is 2.98. The van der Waals surface area contributed by atoms with E-state index in [1.54, 1.807) is 0 Å².